The zero-order valence-corrected chi connectivity index (χ0v) is 14.4. The molecule has 3 heterocycles. The summed E-state index contributed by atoms with van der Waals surface area (Å²) in [6.45, 7) is 2.55. The molecule has 0 aliphatic heterocycles. The number of aromatic nitrogens is 5. The van der Waals surface area contributed by atoms with Gasteiger partial charge in [0.1, 0.15) is 17.5 Å². The molecule has 0 radical (unpaired) electrons. The average Bonchev–Trinajstić information content (AvgIpc) is 2.69. The lowest BCUT2D eigenvalue weighted by atomic mass is 10.1. The second-order valence-electron chi connectivity index (χ2n) is 5.89. The van der Waals surface area contributed by atoms with Gasteiger partial charge >= 0.3 is 0 Å². The van der Waals surface area contributed by atoms with Crippen LogP contribution < -0.4 is 5.32 Å². The van der Waals surface area contributed by atoms with Gasteiger partial charge in [-0.3, -0.25) is 0 Å². The van der Waals surface area contributed by atoms with Crippen molar-refractivity contribution in [3.63, 3.8) is 0 Å². The number of anilines is 1. The van der Waals surface area contributed by atoms with Crippen molar-refractivity contribution in [3.05, 3.63) is 72.6 Å². The molecule has 0 unspecified atom stereocenters. The van der Waals surface area contributed by atoms with Crippen LogP contribution in [0.25, 0.3) is 22.3 Å². The summed E-state index contributed by atoms with van der Waals surface area (Å²) in [7, 11) is 0. The van der Waals surface area contributed by atoms with E-state index >= 15 is 0 Å². The topological polar surface area (TPSA) is 76.5 Å². The zero-order chi connectivity index (χ0) is 17.8. The fraction of sp³-hybridized carbons (Fsp3) is 0.150. The zero-order valence-electron chi connectivity index (χ0n) is 14.4. The standard InChI is InChI=1S/C20H18N6/c1-14-24-19-16(8-5-11-22-19)20(25-14)23-13-10-18-21-12-9-17(26-18)15-6-3-2-4-7-15/h2-9,11-12H,10,13H2,1H3,(H,22,23,24,25). The Labute approximate surface area is 151 Å². The molecule has 0 fully saturated rings. The Kier molecular flexibility index (Phi) is 4.47. The molecule has 0 saturated carbocycles. The van der Waals surface area contributed by atoms with Crippen LogP contribution in [0.3, 0.4) is 0 Å². The Morgan fingerprint density at radius 3 is 2.62 bits per heavy atom. The van der Waals surface area contributed by atoms with Crippen LogP contribution >= 0.6 is 0 Å². The van der Waals surface area contributed by atoms with Crippen molar-refractivity contribution >= 4 is 16.9 Å². The first kappa shape index (κ1) is 16.1. The Hall–Kier alpha value is -3.41. The fourth-order valence-corrected chi connectivity index (χ4v) is 2.79. The summed E-state index contributed by atoms with van der Waals surface area (Å²) in [5, 5.41) is 4.28. The van der Waals surface area contributed by atoms with Crippen molar-refractivity contribution < 1.29 is 0 Å². The van der Waals surface area contributed by atoms with E-state index < -0.39 is 0 Å². The van der Waals surface area contributed by atoms with Crippen LogP contribution in [-0.4, -0.2) is 31.5 Å². The Balaban J connectivity index is 1.49. The number of hydrogen-bond acceptors (Lipinski definition) is 6. The van der Waals surface area contributed by atoms with Gasteiger partial charge in [0, 0.05) is 30.9 Å². The van der Waals surface area contributed by atoms with Gasteiger partial charge in [-0.2, -0.15) is 0 Å². The van der Waals surface area contributed by atoms with Gasteiger partial charge in [0.15, 0.2) is 5.65 Å². The molecule has 6 nitrogen and oxygen atoms in total. The van der Waals surface area contributed by atoms with Crippen LogP contribution in [0.5, 0.6) is 0 Å². The van der Waals surface area contributed by atoms with Crippen LogP contribution in [0.2, 0.25) is 0 Å². The van der Waals surface area contributed by atoms with Crippen molar-refractivity contribution in [2.75, 3.05) is 11.9 Å². The Bertz CT molecular complexity index is 1030. The number of hydrogen-bond donors (Lipinski definition) is 1. The molecule has 4 aromatic rings. The van der Waals surface area contributed by atoms with Crippen LogP contribution in [-0.2, 0) is 6.42 Å². The molecule has 1 N–H and O–H groups in total. The summed E-state index contributed by atoms with van der Waals surface area (Å²) in [5.74, 6) is 2.29. The molecule has 0 amide bonds. The van der Waals surface area contributed by atoms with E-state index in [4.69, 9.17) is 0 Å². The number of aryl methyl sites for hydroxylation is 1. The van der Waals surface area contributed by atoms with E-state index in [1.807, 2.05) is 55.5 Å². The van der Waals surface area contributed by atoms with Gasteiger partial charge in [-0.05, 0) is 25.1 Å². The minimum atomic E-state index is 0.679. The highest BCUT2D eigenvalue weighted by atomic mass is 15.0. The van der Waals surface area contributed by atoms with E-state index in [2.05, 4.69) is 30.2 Å². The normalized spacial score (nSPS) is 10.8. The lowest BCUT2D eigenvalue weighted by molar-refractivity contribution is 0.891. The fourth-order valence-electron chi connectivity index (χ4n) is 2.79. The van der Waals surface area contributed by atoms with Crippen molar-refractivity contribution in [2.24, 2.45) is 0 Å². The highest BCUT2D eigenvalue weighted by Gasteiger charge is 2.07. The molecule has 3 aromatic heterocycles. The monoisotopic (exact) mass is 342 g/mol. The van der Waals surface area contributed by atoms with Gasteiger partial charge < -0.3 is 5.32 Å². The second kappa shape index (κ2) is 7.23. The average molecular weight is 342 g/mol. The summed E-state index contributed by atoms with van der Waals surface area (Å²) in [5.41, 5.74) is 2.72. The van der Waals surface area contributed by atoms with Crippen LogP contribution in [0, 0.1) is 6.92 Å². The molecule has 128 valence electrons. The van der Waals surface area contributed by atoms with Crippen LogP contribution in [0.4, 0.5) is 5.82 Å². The van der Waals surface area contributed by atoms with Crippen molar-refractivity contribution in [3.8, 4) is 11.3 Å². The minimum absolute atomic E-state index is 0.679. The maximum Gasteiger partial charge on any atom is 0.164 e. The molecule has 0 aliphatic rings. The molecule has 6 heteroatoms. The molecular weight excluding hydrogens is 324 g/mol. The van der Waals surface area contributed by atoms with Gasteiger partial charge in [0.2, 0.25) is 0 Å². The molecule has 4 rings (SSSR count). The maximum atomic E-state index is 4.66. The number of rotatable bonds is 5. The lowest BCUT2D eigenvalue weighted by Gasteiger charge is -2.09. The minimum Gasteiger partial charge on any atom is -0.369 e. The SMILES string of the molecule is Cc1nc(NCCc2nccc(-c3ccccc3)n2)c2cccnc2n1. The van der Waals surface area contributed by atoms with Gasteiger partial charge in [-0.1, -0.05) is 30.3 Å². The van der Waals surface area contributed by atoms with E-state index in [1.54, 1.807) is 12.4 Å². The number of fused-ring (bicyclic) bond motifs is 1. The highest BCUT2D eigenvalue weighted by Crippen LogP contribution is 2.18. The molecule has 0 atom stereocenters. The third-order valence-corrected chi connectivity index (χ3v) is 4.00. The van der Waals surface area contributed by atoms with Crippen LogP contribution in [0.1, 0.15) is 11.6 Å². The smallest absolute Gasteiger partial charge is 0.164 e. The maximum absolute atomic E-state index is 4.66. The lowest BCUT2D eigenvalue weighted by Crippen LogP contribution is -2.10. The number of nitrogens with zero attached hydrogens (tertiary/aromatic N) is 5. The van der Waals surface area contributed by atoms with E-state index in [9.17, 15) is 0 Å². The molecule has 26 heavy (non-hydrogen) atoms. The number of nitrogens with one attached hydrogen (secondary N) is 1. The molecule has 0 spiro atoms. The van der Waals surface area contributed by atoms with E-state index in [-0.39, 0.29) is 0 Å². The molecule has 0 saturated heterocycles. The summed E-state index contributed by atoms with van der Waals surface area (Å²) in [6, 6.07) is 15.9. The van der Waals surface area contributed by atoms with Crippen molar-refractivity contribution in [1.82, 2.24) is 24.9 Å². The summed E-state index contributed by atoms with van der Waals surface area (Å²) < 4.78 is 0. The summed E-state index contributed by atoms with van der Waals surface area (Å²) >= 11 is 0. The summed E-state index contributed by atoms with van der Waals surface area (Å²) in [4.78, 5) is 22.2. The molecular formula is C20H18N6. The molecule has 1 aromatic carbocycles. The molecule has 0 aliphatic carbocycles. The highest BCUT2D eigenvalue weighted by molar-refractivity contribution is 5.86. The third kappa shape index (κ3) is 3.49. The number of pyridine rings is 1. The quantitative estimate of drug-likeness (QED) is 0.599. The first-order valence-corrected chi connectivity index (χ1v) is 8.50. The predicted octanol–water partition coefficient (Wildman–Crippen LogP) is 3.44. The first-order valence-electron chi connectivity index (χ1n) is 8.50. The van der Waals surface area contributed by atoms with Gasteiger partial charge in [0.05, 0.1) is 11.1 Å². The van der Waals surface area contributed by atoms with Gasteiger partial charge in [-0.25, -0.2) is 24.9 Å². The third-order valence-electron chi connectivity index (χ3n) is 4.00. The largest absolute Gasteiger partial charge is 0.369 e. The van der Waals surface area contributed by atoms with E-state index in [0.717, 1.165) is 28.3 Å². The van der Waals surface area contributed by atoms with Gasteiger partial charge in [0.25, 0.3) is 0 Å². The van der Waals surface area contributed by atoms with E-state index in [0.29, 0.717) is 24.4 Å². The van der Waals surface area contributed by atoms with E-state index in [1.165, 1.54) is 0 Å². The summed E-state index contributed by atoms with van der Waals surface area (Å²) in [6.07, 6.45) is 4.24. The van der Waals surface area contributed by atoms with Crippen molar-refractivity contribution in [2.45, 2.75) is 13.3 Å². The second-order valence-corrected chi connectivity index (χ2v) is 5.89. The van der Waals surface area contributed by atoms with Gasteiger partial charge in [-0.15, -0.1) is 0 Å². The predicted molar refractivity (Wildman–Crippen MR) is 102 cm³/mol. The first-order chi connectivity index (χ1) is 12.8. The molecule has 0 bridgehead atoms. The Morgan fingerprint density at radius 1 is 0.846 bits per heavy atom. The van der Waals surface area contributed by atoms with Crippen molar-refractivity contribution in [1.29, 1.82) is 0 Å². The Morgan fingerprint density at radius 2 is 1.73 bits per heavy atom. The van der Waals surface area contributed by atoms with Crippen LogP contribution in [0.15, 0.2) is 60.9 Å². The number of benzene rings is 1.